The Hall–Kier alpha value is -0.0800. The lowest BCUT2D eigenvalue weighted by Gasteiger charge is -2.25. The van der Waals surface area contributed by atoms with Crippen molar-refractivity contribution in [1.29, 1.82) is 0 Å². The smallest absolute Gasteiger partial charge is 0.0210 e. The van der Waals surface area contributed by atoms with E-state index in [2.05, 4.69) is 24.1 Å². The van der Waals surface area contributed by atoms with Crippen molar-refractivity contribution in [3.63, 3.8) is 0 Å². The summed E-state index contributed by atoms with van der Waals surface area (Å²) in [5, 5.41) is 3.85. The molecule has 2 nitrogen and oxygen atoms in total. The van der Waals surface area contributed by atoms with Crippen LogP contribution in [-0.2, 0) is 0 Å². The van der Waals surface area contributed by atoms with Gasteiger partial charge in [-0.3, -0.25) is 4.90 Å². The molecule has 86 valence electrons. The molecule has 1 saturated heterocycles. The maximum atomic E-state index is 3.85. The van der Waals surface area contributed by atoms with E-state index >= 15 is 0 Å². The van der Waals surface area contributed by atoms with Gasteiger partial charge < -0.3 is 5.32 Å². The van der Waals surface area contributed by atoms with Gasteiger partial charge in [-0.1, -0.05) is 6.92 Å². The van der Waals surface area contributed by atoms with Gasteiger partial charge in [-0.25, -0.2) is 0 Å². The van der Waals surface area contributed by atoms with Gasteiger partial charge >= 0.3 is 0 Å². The zero-order valence-electron chi connectivity index (χ0n) is 10.1. The average Bonchev–Trinajstić information content (AvgIpc) is 3.11. The summed E-state index contributed by atoms with van der Waals surface area (Å²) in [6, 6.07) is 2.46. The molecule has 0 aromatic rings. The summed E-state index contributed by atoms with van der Waals surface area (Å²) in [4.78, 5) is 2.69. The standard InChI is InChI=1S/C13H24N2/c1-10(13(2)6-7-13)14-11-5-8-15(9-11)12-3-4-12/h10-12,14H,3-9H2,1-2H3. The fourth-order valence-corrected chi connectivity index (χ4v) is 2.88. The van der Waals surface area contributed by atoms with E-state index in [-0.39, 0.29) is 0 Å². The highest BCUT2D eigenvalue weighted by Gasteiger charge is 2.44. The molecule has 0 aromatic heterocycles. The highest BCUT2D eigenvalue weighted by Crippen LogP contribution is 2.48. The molecule has 2 saturated carbocycles. The zero-order chi connectivity index (χ0) is 10.5. The monoisotopic (exact) mass is 208 g/mol. The Balaban J connectivity index is 1.47. The molecule has 3 aliphatic rings. The molecule has 15 heavy (non-hydrogen) atoms. The molecular formula is C13H24N2. The van der Waals surface area contributed by atoms with Crippen LogP contribution >= 0.6 is 0 Å². The number of hydrogen-bond donors (Lipinski definition) is 1. The van der Waals surface area contributed by atoms with Crippen LogP contribution in [0.2, 0.25) is 0 Å². The summed E-state index contributed by atoms with van der Waals surface area (Å²) in [5.41, 5.74) is 0.632. The van der Waals surface area contributed by atoms with Gasteiger partial charge in [0.1, 0.15) is 0 Å². The van der Waals surface area contributed by atoms with E-state index < -0.39 is 0 Å². The topological polar surface area (TPSA) is 15.3 Å². The van der Waals surface area contributed by atoms with Crippen LogP contribution in [0, 0.1) is 5.41 Å². The van der Waals surface area contributed by atoms with Crippen LogP contribution in [0.3, 0.4) is 0 Å². The van der Waals surface area contributed by atoms with Gasteiger partial charge in [0.15, 0.2) is 0 Å². The van der Waals surface area contributed by atoms with Crippen molar-refractivity contribution in [2.45, 2.75) is 64.1 Å². The van der Waals surface area contributed by atoms with Gasteiger partial charge in [0, 0.05) is 31.2 Å². The summed E-state index contributed by atoms with van der Waals surface area (Å²) in [6.07, 6.45) is 7.15. The fraction of sp³-hybridized carbons (Fsp3) is 1.00. The Morgan fingerprint density at radius 2 is 2.00 bits per heavy atom. The molecule has 1 N–H and O–H groups in total. The summed E-state index contributed by atoms with van der Waals surface area (Å²) in [6.45, 7) is 7.46. The maximum absolute atomic E-state index is 3.85. The second kappa shape index (κ2) is 3.46. The lowest BCUT2D eigenvalue weighted by atomic mass is 10.00. The minimum absolute atomic E-state index is 0.632. The third kappa shape index (κ3) is 2.07. The molecule has 2 aliphatic carbocycles. The minimum Gasteiger partial charge on any atom is -0.310 e. The first-order valence-corrected chi connectivity index (χ1v) is 6.67. The second-order valence-electron chi connectivity index (χ2n) is 6.25. The predicted molar refractivity (Wildman–Crippen MR) is 62.9 cm³/mol. The van der Waals surface area contributed by atoms with E-state index in [4.69, 9.17) is 0 Å². The van der Waals surface area contributed by atoms with E-state index in [0.717, 1.165) is 18.1 Å². The summed E-state index contributed by atoms with van der Waals surface area (Å²) >= 11 is 0. The largest absolute Gasteiger partial charge is 0.310 e. The van der Waals surface area contributed by atoms with Crippen LogP contribution in [0.15, 0.2) is 0 Å². The Kier molecular flexibility index (Phi) is 2.33. The summed E-state index contributed by atoms with van der Waals surface area (Å²) in [5.74, 6) is 0. The van der Waals surface area contributed by atoms with Gasteiger partial charge in [0.05, 0.1) is 0 Å². The van der Waals surface area contributed by atoms with E-state index in [9.17, 15) is 0 Å². The number of likely N-dealkylation sites (tertiary alicyclic amines) is 1. The Bertz CT molecular complexity index is 243. The van der Waals surface area contributed by atoms with Gasteiger partial charge in [-0.05, 0) is 44.4 Å². The molecule has 0 amide bonds. The van der Waals surface area contributed by atoms with Crippen molar-refractivity contribution < 1.29 is 0 Å². The highest BCUT2D eigenvalue weighted by atomic mass is 15.2. The fourth-order valence-electron chi connectivity index (χ4n) is 2.88. The molecule has 2 heteroatoms. The molecule has 3 rings (SSSR count). The molecule has 2 atom stereocenters. The van der Waals surface area contributed by atoms with Gasteiger partial charge in [-0.2, -0.15) is 0 Å². The Labute approximate surface area is 93.4 Å². The molecule has 0 aromatic carbocycles. The van der Waals surface area contributed by atoms with Crippen LogP contribution in [0.4, 0.5) is 0 Å². The number of nitrogens with one attached hydrogen (secondary N) is 1. The summed E-state index contributed by atoms with van der Waals surface area (Å²) in [7, 11) is 0. The lowest BCUT2D eigenvalue weighted by molar-refractivity contribution is 0.297. The Morgan fingerprint density at radius 3 is 2.60 bits per heavy atom. The van der Waals surface area contributed by atoms with Crippen LogP contribution in [-0.4, -0.2) is 36.1 Å². The number of rotatable bonds is 4. The van der Waals surface area contributed by atoms with Crippen LogP contribution < -0.4 is 5.32 Å². The van der Waals surface area contributed by atoms with Crippen molar-refractivity contribution in [3.8, 4) is 0 Å². The third-order valence-electron chi connectivity index (χ3n) is 4.85. The van der Waals surface area contributed by atoms with Crippen molar-refractivity contribution in [1.82, 2.24) is 10.2 Å². The van der Waals surface area contributed by atoms with Gasteiger partial charge in [0.2, 0.25) is 0 Å². The molecule has 2 unspecified atom stereocenters. The number of nitrogens with zero attached hydrogens (tertiary/aromatic N) is 1. The molecule has 3 fully saturated rings. The predicted octanol–water partition coefficient (Wildman–Crippen LogP) is 2.00. The molecule has 0 bridgehead atoms. The zero-order valence-corrected chi connectivity index (χ0v) is 10.1. The van der Waals surface area contributed by atoms with Gasteiger partial charge in [-0.15, -0.1) is 0 Å². The van der Waals surface area contributed by atoms with Crippen molar-refractivity contribution >= 4 is 0 Å². The average molecular weight is 208 g/mol. The highest BCUT2D eigenvalue weighted by molar-refractivity contribution is 4.99. The molecule has 1 aliphatic heterocycles. The van der Waals surface area contributed by atoms with E-state index in [1.54, 1.807) is 0 Å². The van der Waals surface area contributed by atoms with Crippen molar-refractivity contribution in [2.24, 2.45) is 5.41 Å². The van der Waals surface area contributed by atoms with Crippen LogP contribution in [0.25, 0.3) is 0 Å². The van der Waals surface area contributed by atoms with E-state index in [1.807, 2.05) is 0 Å². The van der Waals surface area contributed by atoms with Crippen molar-refractivity contribution in [3.05, 3.63) is 0 Å². The number of hydrogen-bond acceptors (Lipinski definition) is 2. The van der Waals surface area contributed by atoms with Crippen molar-refractivity contribution in [2.75, 3.05) is 13.1 Å². The maximum Gasteiger partial charge on any atom is 0.0210 e. The minimum atomic E-state index is 0.632. The van der Waals surface area contributed by atoms with E-state index in [0.29, 0.717) is 5.41 Å². The van der Waals surface area contributed by atoms with Gasteiger partial charge in [0.25, 0.3) is 0 Å². The normalized spacial score (nSPS) is 36.8. The summed E-state index contributed by atoms with van der Waals surface area (Å²) < 4.78 is 0. The molecule has 0 radical (unpaired) electrons. The molecule has 0 spiro atoms. The first-order valence-electron chi connectivity index (χ1n) is 6.67. The second-order valence-corrected chi connectivity index (χ2v) is 6.25. The third-order valence-corrected chi connectivity index (χ3v) is 4.85. The Morgan fingerprint density at radius 1 is 1.27 bits per heavy atom. The SMILES string of the molecule is CC(NC1CCN(C2CC2)C1)C1(C)CC1. The molecular weight excluding hydrogens is 184 g/mol. The first-order chi connectivity index (χ1) is 7.17. The lowest BCUT2D eigenvalue weighted by Crippen LogP contribution is -2.42. The van der Waals surface area contributed by atoms with E-state index in [1.165, 1.54) is 45.2 Å². The molecule has 1 heterocycles. The first kappa shape index (κ1) is 10.1. The van der Waals surface area contributed by atoms with Crippen LogP contribution in [0.5, 0.6) is 0 Å². The van der Waals surface area contributed by atoms with Crippen LogP contribution in [0.1, 0.15) is 46.0 Å². The quantitative estimate of drug-likeness (QED) is 0.760.